The Morgan fingerprint density at radius 2 is 1.68 bits per heavy atom. The zero-order valence-corrected chi connectivity index (χ0v) is 15.5. The molecule has 0 amide bonds. The molecule has 0 spiro atoms. The summed E-state index contributed by atoms with van der Waals surface area (Å²) in [5.74, 6) is -0.345. The second-order valence-corrected chi connectivity index (χ2v) is 6.87. The lowest BCUT2D eigenvalue weighted by Crippen LogP contribution is -2.18. The van der Waals surface area contributed by atoms with E-state index >= 15 is 0 Å². The van der Waals surface area contributed by atoms with Crippen LogP contribution in [0.2, 0.25) is 0 Å². The molecule has 2 atom stereocenters. The fourth-order valence-electron chi connectivity index (χ4n) is 3.06. The number of aliphatic carboxylic acids is 1. The van der Waals surface area contributed by atoms with E-state index in [1.165, 1.54) is 0 Å². The molecule has 0 saturated carbocycles. The number of benzene rings is 3. The Bertz CT molecular complexity index is 923. The molecule has 5 heteroatoms. The van der Waals surface area contributed by atoms with E-state index in [1.807, 2.05) is 66.7 Å². The highest BCUT2D eigenvalue weighted by Crippen LogP contribution is 2.26. The Hall–Kier alpha value is -2.89. The summed E-state index contributed by atoms with van der Waals surface area (Å²) in [4.78, 5) is 10.6. The summed E-state index contributed by atoms with van der Waals surface area (Å²) in [6, 6.07) is 21.3. The average Bonchev–Trinajstić information content (AvgIpc) is 2.70. The van der Waals surface area contributed by atoms with Crippen LogP contribution in [0.25, 0.3) is 10.8 Å². The van der Waals surface area contributed by atoms with Gasteiger partial charge in [-0.25, -0.2) is 0 Å². The van der Waals surface area contributed by atoms with Crippen molar-refractivity contribution in [2.45, 2.75) is 31.5 Å². The van der Waals surface area contributed by atoms with Crippen molar-refractivity contribution in [3.05, 3.63) is 77.9 Å². The van der Waals surface area contributed by atoms with Crippen LogP contribution in [0.1, 0.15) is 30.1 Å². The zero-order chi connectivity index (χ0) is 19.9. The van der Waals surface area contributed by atoms with Gasteiger partial charge in [0, 0.05) is 12.8 Å². The van der Waals surface area contributed by atoms with Crippen LogP contribution in [0.4, 0.5) is 0 Å². The number of carboxylic acid groups (broad SMARTS) is 1. The number of aliphatic hydroxyl groups is 2. The summed E-state index contributed by atoms with van der Waals surface area (Å²) < 4.78 is 5.60. The molecular weight excluding hydrogens is 356 g/mol. The van der Waals surface area contributed by atoms with E-state index in [0.29, 0.717) is 12.2 Å². The second-order valence-electron chi connectivity index (χ2n) is 6.87. The molecule has 2 unspecified atom stereocenters. The Labute approximate surface area is 163 Å². The molecule has 0 aliphatic carbocycles. The highest BCUT2D eigenvalue weighted by Gasteiger charge is 2.11. The van der Waals surface area contributed by atoms with Gasteiger partial charge in [-0.1, -0.05) is 48.5 Å². The molecule has 5 nitrogen and oxygen atoms in total. The van der Waals surface area contributed by atoms with E-state index < -0.39 is 18.2 Å². The maximum atomic E-state index is 10.6. The first-order valence-corrected chi connectivity index (χ1v) is 9.29. The highest BCUT2D eigenvalue weighted by molar-refractivity contribution is 5.84. The van der Waals surface area contributed by atoms with Crippen LogP contribution in [0.15, 0.2) is 66.7 Å². The first-order chi connectivity index (χ1) is 13.5. The van der Waals surface area contributed by atoms with Gasteiger partial charge in [0.2, 0.25) is 0 Å². The molecule has 0 bridgehead atoms. The van der Waals surface area contributed by atoms with Gasteiger partial charge in [-0.05, 0) is 46.5 Å². The molecule has 3 N–H and O–H groups in total. The van der Waals surface area contributed by atoms with Gasteiger partial charge in [-0.15, -0.1) is 0 Å². The summed E-state index contributed by atoms with van der Waals surface area (Å²) in [7, 11) is 0. The Morgan fingerprint density at radius 1 is 0.929 bits per heavy atom. The van der Waals surface area contributed by atoms with Gasteiger partial charge >= 0.3 is 5.97 Å². The molecule has 28 heavy (non-hydrogen) atoms. The van der Waals surface area contributed by atoms with Gasteiger partial charge in [0.1, 0.15) is 12.4 Å². The van der Waals surface area contributed by atoms with Crippen LogP contribution < -0.4 is 4.74 Å². The Kier molecular flexibility index (Phi) is 6.63. The topological polar surface area (TPSA) is 87.0 Å². The van der Waals surface area contributed by atoms with Crippen molar-refractivity contribution in [2.24, 2.45) is 0 Å². The molecule has 0 fully saturated rings. The highest BCUT2D eigenvalue weighted by atomic mass is 16.5. The summed E-state index contributed by atoms with van der Waals surface area (Å²) in [5, 5.41) is 31.0. The molecule has 3 aromatic carbocycles. The van der Waals surface area contributed by atoms with Crippen LogP contribution in [0.3, 0.4) is 0 Å². The van der Waals surface area contributed by atoms with E-state index in [9.17, 15) is 15.0 Å². The first kappa shape index (κ1) is 19.9. The van der Waals surface area contributed by atoms with Gasteiger partial charge in [0.25, 0.3) is 0 Å². The first-order valence-electron chi connectivity index (χ1n) is 9.29. The number of aliphatic hydroxyl groups excluding tert-OH is 2. The van der Waals surface area contributed by atoms with Gasteiger partial charge in [-0.2, -0.15) is 0 Å². The predicted octanol–water partition coefficient (Wildman–Crippen LogP) is 3.72. The standard InChI is InChI=1S/C23H24O5/c24-20(9-11-23(26)27)15-28-21-10-8-17-6-7-18(13-19(17)14-21)22(25)12-16-4-2-1-3-5-16/h1-8,10,13-14,20,22,24-25H,9,11-12,15H2,(H,26,27). The maximum Gasteiger partial charge on any atom is 0.303 e. The molecule has 0 aliphatic heterocycles. The minimum atomic E-state index is -0.939. The van der Waals surface area contributed by atoms with Gasteiger partial charge < -0.3 is 20.1 Å². The molecule has 3 rings (SSSR count). The van der Waals surface area contributed by atoms with E-state index in [4.69, 9.17) is 9.84 Å². The number of ether oxygens (including phenoxy) is 1. The zero-order valence-electron chi connectivity index (χ0n) is 15.5. The van der Waals surface area contributed by atoms with Crippen LogP contribution in [0.5, 0.6) is 5.75 Å². The third kappa shape index (κ3) is 5.55. The summed E-state index contributed by atoms with van der Waals surface area (Å²) in [6.07, 6.45) is -0.831. The van der Waals surface area contributed by atoms with E-state index in [1.54, 1.807) is 0 Å². The number of fused-ring (bicyclic) bond motifs is 1. The minimum Gasteiger partial charge on any atom is -0.491 e. The van der Waals surface area contributed by atoms with Gasteiger partial charge in [0.05, 0.1) is 12.2 Å². The van der Waals surface area contributed by atoms with Crippen molar-refractivity contribution in [1.29, 1.82) is 0 Å². The number of rotatable bonds is 9. The number of hydrogen-bond donors (Lipinski definition) is 3. The summed E-state index contributed by atoms with van der Waals surface area (Å²) in [5.41, 5.74) is 1.90. The summed E-state index contributed by atoms with van der Waals surface area (Å²) in [6.45, 7) is 0.0368. The maximum absolute atomic E-state index is 10.6. The van der Waals surface area contributed by atoms with Crippen molar-refractivity contribution in [3.63, 3.8) is 0 Å². The van der Waals surface area contributed by atoms with Crippen molar-refractivity contribution in [1.82, 2.24) is 0 Å². The predicted molar refractivity (Wildman–Crippen MR) is 107 cm³/mol. The molecule has 0 saturated heterocycles. The summed E-state index contributed by atoms with van der Waals surface area (Å²) >= 11 is 0. The lowest BCUT2D eigenvalue weighted by atomic mass is 9.98. The molecule has 3 aromatic rings. The number of hydrogen-bond acceptors (Lipinski definition) is 4. The third-order valence-corrected chi connectivity index (χ3v) is 4.63. The number of carbonyl (C=O) groups is 1. The molecule has 0 aromatic heterocycles. The Balaban J connectivity index is 1.68. The fraction of sp³-hybridized carbons (Fsp3) is 0.261. The van der Waals surface area contributed by atoms with Crippen molar-refractivity contribution in [2.75, 3.05) is 6.61 Å². The van der Waals surface area contributed by atoms with Crippen LogP contribution >= 0.6 is 0 Å². The van der Waals surface area contributed by atoms with E-state index in [-0.39, 0.29) is 19.4 Å². The van der Waals surface area contributed by atoms with Crippen molar-refractivity contribution < 1.29 is 24.9 Å². The average molecular weight is 380 g/mol. The molecule has 0 heterocycles. The molecule has 0 radical (unpaired) electrons. The van der Waals surface area contributed by atoms with Crippen LogP contribution in [-0.2, 0) is 11.2 Å². The Morgan fingerprint density at radius 3 is 2.43 bits per heavy atom. The van der Waals surface area contributed by atoms with E-state index in [2.05, 4.69) is 0 Å². The van der Waals surface area contributed by atoms with Crippen molar-refractivity contribution >= 4 is 16.7 Å². The third-order valence-electron chi connectivity index (χ3n) is 4.63. The SMILES string of the molecule is O=C(O)CCC(O)COc1ccc2ccc(C(O)Cc3ccccc3)cc2c1. The number of carboxylic acids is 1. The molecule has 0 aliphatic rings. The minimum absolute atomic E-state index is 0.0368. The van der Waals surface area contributed by atoms with Crippen LogP contribution in [0, 0.1) is 0 Å². The van der Waals surface area contributed by atoms with Gasteiger partial charge in [-0.3, -0.25) is 4.79 Å². The lowest BCUT2D eigenvalue weighted by Gasteiger charge is -2.14. The molecular formula is C23H24O5. The largest absolute Gasteiger partial charge is 0.491 e. The quantitative estimate of drug-likeness (QED) is 0.527. The monoisotopic (exact) mass is 380 g/mol. The smallest absolute Gasteiger partial charge is 0.303 e. The lowest BCUT2D eigenvalue weighted by molar-refractivity contribution is -0.137. The second kappa shape index (κ2) is 9.35. The van der Waals surface area contributed by atoms with Crippen molar-refractivity contribution in [3.8, 4) is 5.75 Å². The van der Waals surface area contributed by atoms with Crippen LogP contribution in [-0.4, -0.2) is 34.0 Å². The fourth-order valence-corrected chi connectivity index (χ4v) is 3.06. The normalized spacial score (nSPS) is 13.2. The van der Waals surface area contributed by atoms with E-state index in [0.717, 1.165) is 21.9 Å². The molecule has 146 valence electrons. The van der Waals surface area contributed by atoms with Gasteiger partial charge in [0.15, 0.2) is 0 Å².